The van der Waals surface area contributed by atoms with Crippen molar-refractivity contribution in [2.75, 3.05) is 26.8 Å². The lowest BCUT2D eigenvalue weighted by Crippen LogP contribution is -2.43. The van der Waals surface area contributed by atoms with Crippen LogP contribution < -0.4 is 0 Å². The Bertz CT molecular complexity index is 391. The van der Waals surface area contributed by atoms with E-state index >= 15 is 0 Å². The molecule has 0 amide bonds. The molecule has 1 aromatic heterocycles. The van der Waals surface area contributed by atoms with Gasteiger partial charge >= 0.3 is 0 Å². The topological polar surface area (TPSA) is 39.5 Å². The zero-order chi connectivity index (χ0) is 13.8. The van der Waals surface area contributed by atoms with Crippen LogP contribution in [0.2, 0.25) is 0 Å². The van der Waals surface area contributed by atoms with E-state index in [4.69, 9.17) is 9.47 Å². The number of imidazole rings is 1. The average molecular weight is 279 g/mol. The average Bonchev–Trinajstić information content (AvgIpc) is 3.12. The summed E-state index contributed by atoms with van der Waals surface area (Å²) in [4.78, 5) is 6.57. The fraction of sp³-hybridized carbons (Fsp3) is 0.800. The van der Waals surface area contributed by atoms with E-state index in [1.54, 1.807) is 0 Å². The first-order valence-electron chi connectivity index (χ1n) is 7.71. The van der Waals surface area contributed by atoms with Crippen molar-refractivity contribution in [3.63, 3.8) is 0 Å². The molecule has 0 bridgehead atoms. The van der Waals surface area contributed by atoms with E-state index in [1.165, 1.54) is 19.3 Å². The van der Waals surface area contributed by atoms with Gasteiger partial charge in [-0.3, -0.25) is 0 Å². The van der Waals surface area contributed by atoms with Crippen molar-refractivity contribution in [1.29, 1.82) is 0 Å². The van der Waals surface area contributed by atoms with Crippen molar-refractivity contribution in [1.82, 2.24) is 14.5 Å². The molecule has 2 heterocycles. The number of aromatic nitrogens is 2. The Morgan fingerprint density at radius 2 is 2.05 bits per heavy atom. The Balaban J connectivity index is 1.39. The zero-order valence-corrected chi connectivity index (χ0v) is 12.3. The lowest BCUT2D eigenvalue weighted by molar-refractivity contribution is -0.183. The largest absolute Gasteiger partial charge is 0.348 e. The van der Waals surface area contributed by atoms with E-state index in [9.17, 15) is 0 Å². The minimum absolute atomic E-state index is 0.228. The first kappa shape index (κ1) is 14.0. The molecule has 1 spiro atoms. The minimum Gasteiger partial charge on any atom is -0.348 e. The van der Waals surface area contributed by atoms with E-state index in [1.807, 2.05) is 18.7 Å². The summed E-state index contributed by atoms with van der Waals surface area (Å²) in [6, 6.07) is 0.677. The van der Waals surface area contributed by atoms with E-state index in [-0.39, 0.29) is 5.79 Å². The van der Waals surface area contributed by atoms with Crippen molar-refractivity contribution in [2.24, 2.45) is 0 Å². The summed E-state index contributed by atoms with van der Waals surface area (Å²) in [6.45, 7) is 3.72. The van der Waals surface area contributed by atoms with Gasteiger partial charge in [-0.2, -0.15) is 0 Å². The van der Waals surface area contributed by atoms with E-state index in [2.05, 4.69) is 21.5 Å². The molecular formula is C15H25N3O2. The summed E-state index contributed by atoms with van der Waals surface area (Å²) in [5.74, 6) is -0.228. The number of hydrogen-bond acceptors (Lipinski definition) is 4. The van der Waals surface area contributed by atoms with Gasteiger partial charge in [-0.1, -0.05) is 0 Å². The number of aryl methyl sites for hydroxylation is 1. The maximum Gasteiger partial charge on any atom is 0.168 e. The van der Waals surface area contributed by atoms with Crippen LogP contribution >= 0.6 is 0 Å². The van der Waals surface area contributed by atoms with Crippen LogP contribution in [0.5, 0.6) is 0 Å². The maximum absolute atomic E-state index is 5.79. The molecule has 0 N–H and O–H groups in total. The Morgan fingerprint density at radius 1 is 1.30 bits per heavy atom. The third-order valence-electron chi connectivity index (χ3n) is 4.64. The number of rotatable bonds is 5. The molecule has 1 aliphatic carbocycles. The van der Waals surface area contributed by atoms with Crippen LogP contribution in [0.25, 0.3) is 0 Å². The van der Waals surface area contributed by atoms with Gasteiger partial charge in [-0.15, -0.1) is 0 Å². The number of ether oxygens (including phenoxy) is 2. The van der Waals surface area contributed by atoms with E-state index in [0.717, 1.165) is 39.1 Å². The monoisotopic (exact) mass is 279 g/mol. The van der Waals surface area contributed by atoms with Crippen molar-refractivity contribution in [3.8, 4) is 0 Å². The second kappa shape index (κ2) is 6.24. The SMILES string of the molecule is CN(CCCn1ccnc1)C1CCC2(CC1)OCCO2. The highest BCUT2D eigenvalue weighted by Crippen LogP contribution is 2.37. The van der Waals surface area contributed by atoms with Gasteiger partial charge in [0.25, 0.3) is 0 Å². The summed E-state index contributed by atoms with van der Waals surface area (Å²) < 4.78 is 13.7. The normalized spacial score (nSPS) is 22.9. The molecule has 1 aromatic rings. The highest BCUT2D eigenvalue weighted by atomic mass is 16.7. The molecule has 1 saturated heterocycles. The van der Waals surface area contributed by atoms with Crippen LogP contribution in [-0.2, 0) is 16.0 Å². The number of hydrogen-bond donors (Lipinski definition) is 0. The van der Waals surface area contributed by atoms with Crippen LogP contribution in [0.4, 0.5) is 0 Å². The molecule has 5 nitrogen and oxygen atoms in total. The summed E-state index contributed by atoms with van der Waals surface area (Å²) >= 11 is 0. The van der Waals surface area contributed by atoms with Gasteiger partial charge < -0.3 is 18.9 Å². The quantitative estimate of drug-likeness (QED) is 0.825. The van der Waals surface area contributed by atoms with Crippen LogP contribution in [0.15, 0.2) is 18.7 Å². The van der Waals surface area contributed by atoms with Crippen molar-refractivity contribution in [2.45, 2.75) is 50.5 Å². The number of nitrogens with zero attached hydrogens (tertiary/aromatic N) is 3. The summed E-state index contributed by atoms with van der Waals surface area (Å²) in [6.07, 6.45) is 11.4. The predicted molar refractivity (Wildman–Crippen MR) is 76.4 cm³/mol. The zero-order valence-electron chi connectivity index (χ0n) is 12.3. The maximum atomic E-state index is 5.79. The Kier molecular flexibility index (Phi) is 4.38. The van der Waals surface area contributed by atoms with Gasteiger partial charge in [0.15, 0.2) is 5.79 Å². The summed E-state index contributed by atoms with van der Waals surface area (Å²) in [7, 11) is 2.24. The summed E-state index contributed by atoms with van der Waals surface area (Å²) in [5, 5.41) is 0. The smallest absolute Gasteiger partial charge is 0.168 e. The van der Waals surface area contributed by atoms with Crippen molar-refractivity contribution in [3.05, 3.63) is 18.7 Å². The lowest BCUT2D eigenvalue weighted by atomic mass is 9.89. The molecule has 0 atom stereocenters. The molecule has 0 unspecified atom stereocenters. The summed E-state index contributed by atoms with van der Waals surface area (Å²) in [5.41, 5.74) is 0. The fourth-order valence-electron chi connectivity index (χ4n) is 3.37. The van der Waals surface area contributed by atoms with Crippen LogP contribution in [0.1, 0.15) is 32.1 Å². The van der Waals surface area contributed by atoms with Crippen LogP contribution in [0.3, 0.4) is 0 Å². The molecule has 0 aromatic carbocycles. The molecule has 0 radical (unpaired) electrons. The fourth-order valence-corrected chi connectivity index (χ4v) is 3.37. The second-order valence-corrected chi connectivity index (χ2v) is 5.97. The minimum atomic E-state index is -0.228. The lowest BCUT2D eigenvalue weighted by Gasteiger charge is -2.39. The van der Waals surface area contributed by atoms with Gasteiger partial charge in [-0.05, 0) is 32.9 Å². The van der Waals surface area contributed by atoms with Gasteiger partial charge in [0.1, 0.15) is 0 Å². The van der Waals surface area contributed by atoms with Gasteiger partial charge in [-0.25, -0.2) is 4.98 Å². The van der Waals surface area contributed by atoms with Gasteiger partial charge in [0, 0.05) is 37.8 Å². The van der Waals surface area contributed by atoms with Crippen molar-refractivity contribution < 1.29 is 9.47 Å². The molecule has 1 aliphatic heterocycles. The molecular weight excluding hydrogens is 254 g/mol. The predicted octanol–water partition coefficient (Wildman–Crippen LogP) is 1.89. The molecule has 5 heteroatoms. The molecule has 2 aliphatic rings. The Labute approximate surface area is 120 Å². The van der Waals surface area contributed by atoms with Crippen LogP contribution in [0, 0.1) is 0 Å². The standard InChI is InChI=1S/C15H25N3O2/c1-17(8-2-9-18-10-7-16-13-18)14-3-5-15(6-4-14)19-11-12-20-15/h7,10,13-14H,2-6,8-9,11-12H2,1H3. The Hall–Kier alpha value is -0.910. The Morgan fingerprint density at radius 3 is 2.70 bits per heavy atom. The second-order valence-electron chi connectivity index (χ2n) is 5.97. The molecule has 112 valence electrons. The molecule has 2 fully saturated rings. The third-order valence-corrected chi connectivity index (χ3v) is 4.64. The third kappa shape index (κ3) is 3.22. The first-order valence-corrected chi connectivity index (χ1v) is 7.71. The van der Waals surface area contributed by atoms with Gasteiger partial charge in [0.05, 0.1) is 19.5 Å². The van der Waals surface area contributed by atoms with Gasteiger partial charge in [0.2, 0.25) is 0 Å². The molecule has 20 heavy (non-hydrogen) atoms. The molecule has 3 rings (SSSR count). The first-order chi connectivity index (χ1) is 9.77. The van der Waals surface area contributed by atoms with E-state index < -0.39 is 0 Å². The molecule has 1 saturated carbocycles. The van der Waals surface area contributed by atoms with Crippen LogP contribution in [-0.4, -0.2) is 53.1 Å². The van der Waals surface area contributed by atoms with E-state index in [0.29, 0.717) is 6.04 Å². The van der Waals surface area contributed by atoms with Crippen molar-refractivity contribution >= 4 is 0 Å². The highest BCUT2D eigenvalue weighted by Gasteiger charge is 2.40. The highest BCUT2D eigenvalue weighted by molar-refractivity contribution is 4.86.